The average Bonchev–Trinajstić information content (AvgIpc) is 3.31. The zero-order valence-electron chi connectivity index (χ0n) is 14.7. The second-order valence-electron chi connectivity index (χ2n) is 6.42. The van der Waals surface area contributed by atoms with Crippen LogP contribution in [0, 0.1) is 0 Å². The number of hydrogen-bond donors (Lipinski definition) is 0. The number of benzene rings is 1. The van der Waals surface area contributed by atoms with Gasteiger partial charge in [0.15, 0.2) is 12.4 Å². The maximum Gasteiger partial charge on any atom is 0.338 e. The van der Waals surface area contributed by atoms with E-state index in [4.69, 9.17) is 9.26 Å². The van der Waals surface area contributed by atoms with Crippen molar-refractivity contribution in [3.8, 4) is 0 Å². The van der Waals surface area contributed by atoms with Crippen molar-refractivity contribution in [2.45, 2.75) is 44.1 Å². The molecule has 0 N–H and O–H groups in total. The number of carbonyl (C=O) groups is 1. The predicted molar refractivity (Wildman–Crippen MR) is 91.9 cm³/mol. The molecule has 2 aromatic rings. The highest BCUT2D eigenvalue weighted by molar-refractivity contribution is 7.89. The van der Waals surface area contributed by atoms with Gasteiger partial charge < -0.3 is 9.26 Å². The molecule has 0 atom stereocenters. The highest BCUT2D eigenvalue weighted by Gasteiger charge is 2.27. The Bertz CT molecular complexity index is 885. The molecule has 0 spiro atoms. The van der Waals surface area contributed by atoms with Crippen molar-refractivity contribution in [2.75, 3.05) is 13.1 Å². The van der Waals surface area contributed by atoms with E-state index in [2.05, 4.69) is 10.1 Å². The Balaban J connectivity index is 1.69. The largest absolute Gasteiger partial charge is 0.452 e. The van der Waals surface area contributed by atoms with Gasteiger partial charge in [-0.3, -0.25) is 0 Å². The summed E-state index contributed by atoms with van der Waals surface area (Å²) in [6.45, 7) is 4.69. The molecule has 26 heavy (non-hydrogen) atoms. The lowest BCUT2D eigenvalue weighted by molar-refractivity contribution is 0.0429. The molecule has 1 aromatic carbocycles. The number of rotatable bonds is 6. The van der Waals surface area contributed by atoms with E-state index in [1.54, 1.807) is 0 Å². The standard InChI is InChI=1S/C17H21N3O5S/c1-12(2)16-18-15(25-19-16)11-24-17(21)13-6-5-7-14(10-13)26(22,23)20-8-3-4-9-20/h5-7,10,12H,3-4,8-9,11H2,1-2H3. The maximum absolute atomic E-state index is 12.6. The van der Waals surface area contributed by atoms with Crippen LogP contribution in [0.1, 0.15) is 54.7 Å². The monoisotopic (exact) mass is 379 g/mol. The smallest absolute Gasteiger partial charge is 0.338 e. The van der Waals surface area contributed by atoms with E-state index < -0.39 is 16.0 Å². The second kappa shape index (κ2) is 7.55. The van der Waals surface area contributed by atoms with Gasteiger partial charge in [-0.05, 0) is 31.0 Å². The van der Waals surface area contributed by atoms with Gasteiger partial charge in [-0.25, -0.2) is 13.2 Å². The lowest BCUT2D eigenvalue weighted by atomic mass is 10.2. The average molecular weight is 379 g/mol. The summed E-state index contributed by atoms with van der Waals surface area (Å²) in [5.74, 6) is 0.195. The molecule has 0 aliphatic carbocycles. The first-order chi connectivity index (χ1) is 12.4. The van der Waals surface area contributed by atoms with Crippen molar-refractivity contribution in [2.24, 2.45) is 0 Å². The van der Waals surface area contributed by atoms with E-state index in [1.807, 2.05) is 13.8 Å². The third-order valence-electron chi connectivity index (χ3n) is 4.10. The van der Waals surface area contributed by atoms with E-state index in [-0.39, 0.29) is 28.9 Å². The van der Waals surface area contributed by atoms with Crippen LogP contribution < -0.4 is 0 Å². The molecule has 140 valence electrons. The number of sulfonamides is 1. The molecule has 0 radical (unpaired) electrons. The van der Waals surface area contributed by atoms with Crippen LogP contribution in [-0.2, 0) is 21.4 Å². The van der Waals surface area contributed by atoms with Crippen molar-refractivity contribution in [3.05, 3.63) is 41.5 Å². The molecule has 1 aromatic heterocycles. The summed E-state index contributed by atoms with van der Waals surface area (Å²) < 4.78 is 36.8. The fraction of sp³-hybridized carbons (Fsp3) is 0.471. The first-order valence-electron chi connectivity index (χ1n) is 8.48. The third kappa shape index (κ3) is 3.94. The fourth-order valence-corrected chi connectivity index (χ4v) is 4.20. The van der Waals surface area contributed by atoms with E-state index in [9.17, 15) is 13.2 Å². The molecule has 8 nitrogen and oxygen atoms in total. The number of ether oxygens (including phenoxy) is 1. The molecule has 0 bridgehead atoms. The number of esters is 1. The van der Waals surface area contributed by atoms with E-state index in [0.717, 1.165) is 12.8 Å². The van der Waals surface area contributed by atoms with Crippen LogP contribution in [0.4, 0.5) is 0 Å². The summed E-state index contributed by atoms with van der Waals surface area (Å²) in [7, 11) is -3.58. The van der Waals surface area contributed by atoms with Gasteiger partial charge >= 0.3 is 5.97 Å². The molecule has 1 aliphatic rings. The van der Waals surface area contributed by atoms with Crippen LogP contribution in [0.15, 0.2) is 33.7 Å². The van der Waals surface area contributed by atoms with Gasteiger partial charge in [0.1, 0.15) is 0 Å². The summed E-state index contributed by atoms with van der Waals surface area (Å²) in [4.78, 5) is 16.5. The summed E-state index contributed by atoms with van der Waals surface area (Å²) in [6, 6.07) is 5.86. The summed E-state index contributed by atoms with van der Waals surface area (Å²) in [5.41, 5.74) is 0.161. The first-order valence-corrected chi connectivity index (χ1v) is 9.92. The number of aromatic nitrogens is 2. The summed E-state index contributed by atoms with van der Waals surface area (Å²) in [6.07, 6.45) is 1.70. The van der Waals surface area contributed by atoms with Crippen LogP contribution in [0.5, 0.6) is 0 Å². The molecule has 2 heterocycles. The van der Waals surface area contributed by atoms with Crippen LogP contribution in [0.25, 0.3) is 0 Å². The van der Waals surface area contributed by atoms with Gasteiger partial charge in [-0.2, -0.15) is 9.29 Å². The number of nitrogens with zero attached hydrogens (tertiary/aromatic N) is 3. The second-order valence-corrected chi connectivity index (χ2v) is 8.35. The fourth-order valence-electron chi connectivity index (χ4n) is 2.63. The maximum atomic E-state index is 12.6. The SMILES string of the molecule is CC(C)c1noc(COC(=O)c2cccc(S(=O)(=O)N3CCCC3)c2)n1. The molecule has 9 heteroatoms. The van der Waals surface area contributed by atoms with Crippen molar-refractivity contribution in [3.63, 3.8) is 0 Å². The highest BCUT2D eigenvalue weighted by Crippen LogP contribution is 2.22. The molecular weight excluding hydrogens is 358 g/mol. The Labute approximate surface area is 152 Å². The van der Waals surface area contributed by atoms with Gasteiger partial charge in [0, 0.05) is 19.0 Å². The van der Waals surface area contributed by atoms with Gasteiger partial charge in [0.05, 0.1) is 10.5 Å². The van der Waals surface area contributed by atoms with E-state index in [1.165, 1.54) is 28.6 Å². The minimum absolute atomic E-state index is 0.0914. The predicted octanol–water partition coefficient (Wildman–Crippen LogP) is 2.33. The van der Waals surface area contributed by atoms with Crippen molar-refractivity contribution < 1.29 is 22.5 Å². The van der Waals surface area contributed by atoms with Crippen molar-refractivity contribution in [1.82, 2.24) is 14.4 Å². The van der Waals surface area contributed by atoms with Gasteiger partial charge in [-0.15, -0.1) is 0 Å². The molecule has 0 saturated carbocycles. The molecular formula is C17H21N3O5S. The first kappa shape index (κ1) is 18.5. The summed E-state index contributed by atoms with van der Waals surface area (Å²) >= 11 is 0. The van der Waals surface area contributed by atoms with Crippen LogP contribution in [0.3, 0.4) is 0 Å². The quantitative estimate of drug-likeness (QED) is 0.710. The molecule has 1 fully saturated rings. The Morgan fingerprint density at radius 2 is 2.04 bits per heavy atom. The zero-order chi connectivity index (χ0) is 18.7. The van der Waals surface area contributed by atoms with Crippen molar-refractivity contribution in [1.29, 1.82) is 0 Å². The molecule has 1 aliphatic heterocycles. The Morgan fingerprint density at radius 1 is 1.31 bits per heavy atom. The van der Waals surface area contributed by atoms with Gasteiger partial charge in [-0.1, -0.05) is 25.1 Å². The molecule has 0 amide bonds. The van der Waals surface area contributed by atoms with Gasteiger partial charge in [0.25, 0.3) is 5.89 Å². The third-order valence-corrected chi connectivity index (χ3v) is 5.99. The van der Waals surface area contributed by atoms with Crippen LogP contribution >= 0.6 is 0 Å². The van der Waals surface area contributed by atoms with E-state index >= 15 is 0 Å². The molecule has 0 unspecified atom stereocenters. The number of carbonyl (C=O) groups excluding carboxylic acids is 1. The van der Waals surface area contributed by atoms with Crippen LogP contribution in [-0.4, -0.2) is 41.9 Å². The number of hydrogen-bond acceptors (Lipinski definition) is 7. The molecule has 1 saturated heterocycles. The lowest BCUT2D eigenvalue weighted by Gasteiger charge is -2.15. The minimum Gasteiger partial charge on any atom is -0.452 e. The Morgan fingerprint density at radius 3 is 2.69 bits per heavy atom. The topological polar surface area (TPSA) is 103 Å². The highest BCUT2D eigenvalue weighted by atomic mass is 32.2. The van der Waals surface area contributed by atoms with Crippen molar-refractivity contribution >= 4 is 16.0 Å². The summed E-state index contributed by atoms with van der Waals surface area (Å²) in [5, 5.41) is 3.79. The van der Waals surface area contributed by atoms with Crippen LogP contribution in [0.2, 0.25) is 0 Å². The zero-order valence-corrected chi connectivity index (χ0v) is 15.5. The lowest BCUT2D eigenvalue weighted by Crippen LogP contribution is -2.28. The molecule has 3 rings (SSSR count). The van der Waals surface area contributed by atoms with Gasteiger partial charge in [0.2, 0.25) is 10.0 Å². The Kier molecular flexibility index (Phi) is 5.38. The Hall–Kier alpha value is -2.26. The van der Waals surface area contributed by atoms with E-state index in [0.29, 0.717) is 18.9 Å². The minimum atomic E-state index is -3.58. The normalized spacial score (nSPS) is 15.5.